The van der Waals surface area contributed by atoms with Crippen LogP contribution in [0.1, 0.15) is 15.2 Å². The van der Waals surface area contributed by atoms with Gasteiger partial charge in [-0.2, -0.15) is 0 Å². The van der Waals surface area contributed by atoms with Crippen LogP contribution in [0.3, 0.4) is 0 Å². The quantitative estimate of drug-likeness (QED) is 0.477. The van der Waals surface area contributed by atoms with Crippen LogP contribution in [0.5, 0.6) is 5.75 Å². The number of nitrogens with zero attached hydrogens (tertiary/aromatic N) is 1. The van der Waals surface area contributed by atoms with Crippen molar-refractivity contribution in [3.05, 3.63) is 55.2 Å². The summed E-state index contributed by atoms with van der Waals surface area (Å²) in [5.41, 5.74) is 0.657. The van der Waals surface area contributed by atoms with Crippen LogP contribution >= 0.6 is 22.9 Å². The second-order valence-electron chi connectivity index (χ2n) is 4.04. The lowest BCUT2D eigenvalue weighted by Gasteiger charge is -2.06. The fourth-order valence-electron chi connectivity index (χ4n) is 1.57. The molecule has 0 bridgehead atoms. The van der Waals surface area contributed by atoms with Gasteiger partial charge in [-0.15, -0.1) is 11.3 Å². The number of carbonyl (C=O) groups excluding carboxylic acids is 1. The number of benzene rings is 1. The van der Waals surface area contributed by atoms with Crippen molar-refractivity contribution in [1.82, 2.24) is 0 Å². The first-order chi connectivity index (χ1) is 9.47. The van der Waals surface area contributed by atoms with Gasteiger partial charge in [0, 0.05) is 6.07 Å². The second kappa shape index (κ2) is 6.02. The summed E-state index contributed by atoms with van der Waals surface area (Å²) < 4.78 is 5.79. The van der Waals surface area contributed by atoms with Crippen molar-refractivity contribution in [2.45, 2.75) is 6.92 Å². The highest BCUT2D eigenvalue weighted by molar-refractivity contribution is 7.18. The van der Waals surface area contributed by atoms with Gasteiger partial charge < -0.3 is 4.74 Å². The third-order valence-corrected chi connectivity index (χ3v) is 3.79. The maximum atomic E-state index is 11.9. The Balaban J connectivity index is 2.12. The molecule has 1 aromatic heterocycles. The number of nitro groups is 1. The SMILES string of the molecule is Cc1ccc([N+](=O)[O-])c(OCC(=O)c2ccc(Cl)s2)c1. The second-order valence-corrected chi connectivity index (χ2v) is 5.76. The minimum absolute atomic E-state index is 0.0889. The van der Waals surface area contributed by atoms with Crippen molar-refractivity contribution in [3.8, 4) is 5.75 Å². The molecule has 0 radical (unpaired) electrons. The number of hydrogen-bond acceptors (Lipinski definition) is 5. The number of halogens is 1. The zero-order chi connectivity index (χ0) is 14.7. The molecule has 0 aliphatic heterocycles. The van der Waals surface area contributed by atoms with Gasteiger partial charge in [-0.3, -0.25) is 14.9 Å². The van der Waals surface area contributed by atoms with E-state index in [4.69, 9.17) is 16.3 Å². The van der Waals surface area contributed by atoms with Crippen LogP contribution < -0.4 is 4.74 Å². The minimum atomic E-state index is -0.540. The van der Waals surface area contributed by atoms with E-state index in [1.807, 2.05) is 0 Å². The molecule has 0 N–H and O–H groups in total. The first-order valence-electron chi connectivity index (χ1n) is 5.64. The molecule has 0 saturated heterocycles. The van der Waals surface area contributed by atoms with Crippen LogP contribution in [0.4, 0.5) is 5.69 Å². The van der Waals surface area contributed by atoms with Crippen LogP contribution in [-0.4, -0.2) is 17.3 Å². The van der Waals surface area contributed by atoms with Crippen molar-refractivity contribution in [3.63, 3.8) is 0 Å². The molecular formula is C13H10ClNO4S. The molecule has 5 nitrogen and oxygen atoms in total. The van der Waals surface area contributed by atoms with Crippen LogP contribution in [0.25, 0.3) is 0 Å². The van der Waals surface area contributed by atoms with Gasteiger partial charge in [-0.05, 0) is 30.7 Å². The summed E-state index contributed by atoms with van der Waals surface area (Å²) in [7, 11) is 0. The van der Waals surface area contributed by atoms with Gasteiger partial charge in [-0.25, -0.2) is 0 Å². The van der Waals surface area contributed by atoms with E-state index < -0.39 is 4.92 Å². The van der Waals surface area contributed by atoms with E-state index in [0.29, 0.717) is 9.21 Å². The van der Waals surface area contributed by atoms with E-state index in [0.717, 1.165) is 16.9 Å². The number of rotatable bonds is 5. The monoisotopic (exact) mass is 311 g/mol. The van der Waals surface area contributed by atoms with Gasteiger partial charge in [-0.1, -0.05) is 17.7 Å². The Morgan fingerprint density at radius 3 is 2.75 bits per heavy atom. The van der Waals surface area contributed by atoms with Crippen molar-refractivity contribution < 1.29 is 14.5 Å². The summed E-state index contributed by atoms with van der Waals surface area (Å²) in [5.74, 6) is -0.177. The Bertz CT molecular complexity index is 668. The Kier molecular flexibility index (Phi) is 4.36. The van der Waals surface area contributed by atoms with Crippen LogP contribution in [-0.2, 0) is 0 Å². The molecule has 2 rings (SSSR count). The summed E-state index contributed by atoms with van der Waals surface area (Å²) >= 11 is 6.89. The summed E-state index contributed by atoms with van der Waals surface area (Å²) in [6.07, 6.45) is 0. The molecule has 104 valence electrons. The Morgan fingerprint density at radius 2 is 2.15 bits per heavy atom. The lowest BCUT2D eigenvalue weighted by molar-refractivity contribution is -0.385. The smallest absolute Gasteiger partial charge is 0.310 e. The Hall–Kier alpha value is -1.92. The van der Waals surface area contributed by atoms with Crippen molar-refractivity contribution in [2.24, 2.45) is 0 Å². The molecule has 7 heteroatoms. The fraction of sp³-hybridized carbons (Fsp3) is 0.154. The molecule has 0 atom stereocenters. The first-order valence-corrected chi connectivity index (χ1v) is 6.83. The highest BCUT2D eigenvalue weighted by Crippen LogP contribution is 2.28. The normalized spacial score (nSPS) is 10.3. The molecule has 0 spiro atoms. The van der Waals surface area contributed by atoms with Crippen molar-refractivity contribution >= 4 is 34.4 Å². The largest absolute Gasteiger partial charge is 0.478 e. The van der Waals surface area contributed by atoms with E-state index in [1.54, 1.807) is 25.1 Å². The van der Waals surface area contributed by atoms with E-state index in [1.165, 1.54) is 12.1 Å². The maximum absolute atomic E-state index is 11.9. The molecule has 0 saturated carbocycles. The van der Waals surface area contributed by atoms with Crippen molar-refractivity contribution in [1.29, 1.82) is 0 Å². The average molecular weight is 312 g/mol. The molecule has 0 fully saturated rings. The molecule has 1 heterocycles. The number of carbonyl (C=O) groups is 1. The van der Waals surface area contributed by atoms with Crippen molar-refractivity contribution in [2.75, 3.05) is 6.61 Å². The van der Waals surface area contributed by atoms with E-state index >= 15 is 0 Å². The van der Waals surface area contributed by atoms with Gasteiger partial charge >= 0.3 is 5.69 Å². The van der Waals surface area contributed by atoms with Gasteiger partial charge in [0.1, 0.15) is 0 Å². The molecule has 0 aliphatic rings. The number of Topliss-reactive ketones (excluding diaryl/α,β-unsaturated/α-hetero) is 1. The summed E-state index contributed by atoms with van der Waals surface area (Å²) in [4.78, 5) is 22.7. The predicted octanol–water partition coefficient (Wildman–Crippen LogP) is 3.88. The molecular weight excluding hydrogens is 302 g/mol. The highest BCUT2D eigenvalue weighted by Gasteiger charge is 2.17. The molecule has 0 aliphatic carbocycles. The highest BCUT2D eigenvalue weighted by atomic mass is 35.5. The molecule has 0 amide bonds. The number of nitro benzene ring substituents is 1. The van der Waals surface area contributed by atoms with Crippen LogP contribution in [0, 0.1) is 17.0 Å². The zero-order valence-electron chi connectivity index (χ0n) is 10.5. The molecule has 1 aromatic carbocycles. The topological polar surface area (TPSA) is 69.4 Å². The summed E-state index contributed by atoms with van der Waals surface area (Å²) in [6.45, 7) is 1.53. The lowest BCUT2D eigenvalue weighted by Crippen LogP contribution is -2.11. The Labute approximate surface area is 123 Å². The number of ketones is 1. The standard InChI is InChI=1S/C13H10ClNO4S/c1-8-2-3-9(15(17)18)11(6-8)19-7-10(16)12-4-5-13(14)20-12/h2-6H,7H2,1H3. The van der Waals surface area contributed by atoms with Gasteiger partial charge in [0.05, 0.1) is 14.1 Å². The average Bonchev–Trinajstić information content (AvgIpc) is 2.82. The summed E-state index contributed by atoms with van der Waals surface area (Å²) in [6, 6.07) is 7.73. The number of hydrogen-bond donors (Lipinski definition) is 0. The summed E-state index contributed by atoms with van der Waals surface area (Å²) in [5, 5.41) is 10.9. The van der Waals surface area contributed by atoms with Gasteiger partial charge in [0.2, 0.25) is 5.78 Å². The number of thiophene rings is 1. The fourth-order valence-corrected chi connectivity index (χ4v) is 2.53. The van der Waals surface area contributed by atoms with E-state index in [2.05, 4.69) is 0 Å². The Morgan fingerprint density at radius 1 is 1.40 bits per heavy atom. The van der Waals surface area contributed by atoms with Crippen LogP contribution in [0.15, 0.2) is 30.3 Å². The van der Waals surface area contributed by atoms with Crippen LogP contribution in [0.2, 0.25) is 4.34 Å². The minimum Gasteiger partial charge on any atom is -0.478 e. The third kappa shape index (κ3) is 3.34. The molecule has 2 aromatic rings. The first kappa shape index (κ1) is 14.5. The maximum Gasteiger partial charge on any atom is 0.310 e. The predicted molar refractivity (Wildman–Crippen MR) is 77.0 cm³/mol. The molecule has 20 heavy (non-hydrogen) atoms. The van der Waals surface area contributed by atoms with E-state index in [9.17, 15) is 14.9 Å². The third-order valence-electron chi connectivity index (χ3n) is 2.52. The molecule has 0 unspecified atom stereocenters. The zero-order valence-corrected chi connectivity index (χ0v) is 12.0. The van der Waals surface area contributed by atoms with E-state index in [-0.39, 0.29) is 23.8 Å². The van der Waals surface area contributed by atoms with Gasteiger partial charge in [0.15, 0.2) is 12.4 Å². The number of aryl methyl sites for hydroxylation is 1. The van der Waals surface area contributed by atoms with Gasteiger partial charge in [0.25, 0.3) is 0 Å². The lowest BCUT2D eigenvalue weighted by atomic mass is 10.2. The number of ether oxygens (including phenoxy) is 1.